The monoisotopic (exact) mass is 208 g/mol. The highest BCUT2D eigenvalue weighted by molar-refractivity contribution is 7.12. The highest BCUT2D eigenvalue weighted by Gasteiger charge is 2.12. The van der Waals surface area contributed by atoms with Gasteiger partial charge in [-0.05, 0) is 29.9 Å². The van der Waals surface area contributed by atoms with Crippen LogP contribution in [-0.4, -0.2) is 5.78 Å². The molecule has 0 aliphatic rings. The zero-order chi connectivity index (χ0) is 10.6. The summed E-state index contributed by atoms with van der Waals surface area (Å²) in [6.45, 7) is 7.97. The van der Waals surface area contributed by atoms with E-state index in [1.165, 1.54) is 5.56 Å². The molecule has 76 valence electrons. The van der Waals surface area contributed by atoms with Crippen molar-refractivity contribution in [2.45, 2.75) is 33.1 Å². The molecule has 0 amide bonds. The third kappa shape index (κ3) is 2.55. The first kappa shape index (κ1) is 11.2. The molecule has 1 aromatic heterocycles. The van der Waals surface area contributed by atoms with E-state index >= 15 is 0 Å². The predicted octanol–water partition coefficient (Wildman–Crippen LogP) is 3.85. The number of aryl methyl sites for hydroxylation is 1. The molecule has 0 saturated carbocycles. The molecule has 0 N–H and O–H groups in total. The third-order valence-electron chi connectivity index (χ3n) is 2.29. The van der Waals surface area contributed by atoms with Crippen LogP contribution in [0.1, 0.15) is 41.9 Å². The minimum absolute atomic E-state index is 0.226. The Morgan fingerprint density at radius 2 is 2.21 bits per heavy atom. The summed E-state index contributed by atoms with van der Waals surface area (Å²) in [5.41, 5.74) is 2.19. The molecule has 0 bridgehead atoms. The van der Waals surface area contributed by atoms with Gasteiger partial charge in [-0.15, -0.1) is 11.3 Å². The zero-order valence-electron chi connectivity index (χ0n) is 8.80. The maximum Gasteiger partial charge on any atom is 0.177 e. The Hall–Kier alpha value is -0.890. The second-order valence-electron chi connectivity index (χ2n) is 3.33. The SMILES string of the molecule is C=C(CC)CC(=O)c1sccc1CC. The van der Waals surface area contributed by atoms with E-state index in [1.807, 2.05) is 18.4 Å². The first-order valence-corrected chi connectivity index (χ1v) is 5.83. The summed E-state index contributed by atoms with van der Waals surface area (Å²) < 4.78 is 0. The van der Waals surface area contributed by atoms with Crippen LogP contribution in [0.15, 0.2) is 23.6 Å². The standard InChI is InChI=1S/C12H16OS/c1-4-9(3)8-11(13)12-10(5-2)6-7-14-12/h6-7H,3-5,8H2,1-2H3. The van der Waals surface area contributed by atoms with Gasteiger partial charge < -0.3 is 0 Å². The predicted molar refractivity (Wildman–Crippen MR) is 62.1 cm³/mol. The van der Waals surface area contributed by atoms with E-state index in [0.717, 1.165) is 23.3 Å². The minimum atomic E-state index is 0.226. The van der Waals surface area contributed by atoms with E-state index in [-0.39, 0.29) is 5.78 Å². The second-order valence-corrected chi connectivity index (χ2v) is 4.25. The van der Waals surface area contributed by atoms with Crippen molar-refractivity contribution in [1.82, 2.24) is 0 Å². The Morgan fingerprint density at radius 3 is 2.79 bits per heavy atom. The maximum atomic E-state index is 11.8. The molecular weight excluding hydrogens is 192 g/mol. The van der Waals surface area contributed by atoms with Crippen LogP contribution in [0.4, 0.5) is 0 Å². The number of thiophene rings is 1. The van der Waals surface area contributed by atoms with Crippen LogP contribution >= 0.6 is 11.3 Å². The van der Waals surface area contributed by atoms with Gasteiger partial charge in [-0.25, -0.2) is 0 Å². The molecule has 0 atom stereocenters. The van der Waals surface area contributed by atoms with E-state index in [1.54, 1.807) is 11.3 Å². The summed E-state index contributed by atoms with van der Waals surface area (Å²) in [4.78, 5) is 12.7. The van der Waals surface area contributed by atoms with Crippen LogP contribution in [0.5, 0.6) is 0 Å². The van der Waals surface area contributed by atoms with Gasteiger partial charge in [-0.2, -0.15) is 0 Å². The lowest BCUT2D eigenvalue weighted by atomic mass is 10.1. The Kier molecular flexibility index (Phi) is 4.08. The number of hydrogen-bond donors (Lipinski definition) is 0. The van der Waals surface area contributed by atoms with Gasteiger partial charge in [0.2, 0.25) is 0 Å². The van der Waals surface area contributed by atoms with Crippen molar-refractivity contribution in [2.75, 3.05) is 0 Å². The Balaban J connectivity index is 2.74. The van der Waals surface area contributed by atoms with Crippen molar-refractivity contribution in [1.29, 1.82) is 0 Å². The smallest absolute Gasteiger partial charge is 0.177 e. The molecule has 0 aliphatic carbocycles. The molecular formula is C12H16OS. The lowest BCUT2D eigenvalue weighted by Crippen LogP contribution is -2.00. The van der Waals surface area contributed by atoms with Crippen molar-refractivity contribution in [3.63, 3.8) is 0 Å². The van der Waals surface area contributed by atoms with Crippen LogP contribution in [-0.2, 0) is 6.42 Å². The van der Waals surface area contributed by atoms with Crippen molar-refractivity contribution >= 4 is 17.1 Å². The molecule has 1 heterocycles. The van der Waals surface area contributed by atoms with E-state index in [2.05, 4.69) is 13.5 Å². The van der Waals surface area contributed by atoms with Crippen LogP contribution in [0, 0.1) is 0 Å². The van der Waals surface area contributed by atoms with Gasteiger partial charge in [0.25, 0.3) is 0 Å². The van der Waals surface area contributed by atoms with Crippen molar-refractivity contribution in [2.24, 2.45) is 0 Å². The second kappa shape index (κ2) is 5.11. The van der Waals surface area contributed by atoms with Gasteiger partial charge in [0.15, 0.2) is 5.78 Å². The molecule has 0 aromatic carbocycles. The summed E-state index contributed by atoms with van der Waals surface area (Å²) in [5.74, 6) is 0.226. The van der Waals surface area contributed by atoms with Crippen LogP contribution < -0.4 is 0 Å². The van der Waals surface area contributed by atoms with Crippen molar-refractivity contribution in [3.05, 3.63) is 34.0 Å². The Morgan fingerprint density at radius 1 is 1.50 bits per heavy atom. The van der Waals surface area contributed by atoms with E-state index in [0.29, 0.717) is 6.42 Å². The van der Waals surface area contributed by atoms with Crippen molar-refractivity contribution in [3.8, 4) is 0 Å². The van der Waals surface area contributed by atoms with Crippen molar-refractivity contribution < 1.29 is 4.79 Å². The zero-order valence-corrected chi connectivity index (χ0v) is 9.62. The van der Waals surface area contributed by atoms with E-state index in [4.69, 9.17) is 0 Å². The first-order chi connectivity index (χ1) is 6.69. The molecule has 14 heavy (non-hydrogen) atoms. The molecule has 0 aliphatic heterocycles. The van der Waals surface area contributed by atoms with E-state index in [9.17, 15) is 4.79 Å². The largest absolute Gasteiger partial charge is 0.293 e. The quantitative estimate of drug-likeness (QED) is 0.530. The lowest BCUT2D eigenvalue weighted by Gasteiger charge is -2.02. The Labute approximate surface area is 89.5 Å². The summed E-state index contributed by atoms with van der Waals surface area (Å²) in [6, 6.07) is 2.03. The third-order valence-corrected chi connectivity index (χ3v) is 3.29. The molecule has 2 heteroatoms. The fourth-order valence-electron chi connectivity index (χ4n) is 1.29. The maximum absolute atomic E-state index is 11.8. The average Bonchev–Trinajstić information content (AvgIpc) is 2.65. The molecule has 1 aromatic rings. The summed E-state index contributed by atoms with van der Waals surface area (Å²) in [7, 11) is 0. The number of rotatable bonds is 5. The van der Waals surface area contributed by atoms with Gasteiger partial charge in [0, 0.05) is 6.42 Å². The fraction of sp³-hybridized carbons (Fsp3) is 0.417. The van der Waals surface area contributed by atoms with Gasteiger partial charge in [-0.1, -0.05) is 26.0 Å². The fourth-order valence-corrected chi connectivity index (χ4v) is 2.23. The molecule has 1 nitrogen and oxygen atoms in total. The number of carbonyl (C=O) groups is 1. The molecule has 1 rings (SSSR count). The molecule has 0 fully saturated rings. The molecule has 0 spiro atoms. The van der Waals surface area contributed by atoms with Gasteiger partial charge >= 0.3 is 0 Å². The summed E-state index contributed by atoms with van der Waals surface area (Å²) >= 11 is 1.54. The summed E-state index contributed by atoms with van der Waals surface area (Å²) in [6.07, 6.45) is 2.33. The van der Waals surface area contributed by atoms with Crippen LogP contribution in [0.2, 0.25) is 0 Å². The molecule has 0 radical (unpaired) electrons. The molecule has 0 unspecified atom stereocenters. The lowest BCUT2D eigenvalue weighted by molar-refractivity contribution is 0.0995. The summed E-state index contributed by atoms with van der Waals surface area (Å²) in [5, 5.41) is 1.99. The van der Waals surface area contributed by atoms with Gasteiger partial charge in [0.05, 0.1) is 4.88 Å². The number of Topliss-reactive ketones (excluding diaryl/α,β-unsaturated/α-hetero) is 1. The average molecular weight is 208 g/mol. The number of carbonyl (C=O) groups excluding carboxylic acids is 1. The van der Waals surface area contributed by atoms with Crippen LogP contribution in [0.3, 0.4) is 0 Å². The van der Waals surface area contributed by atoms with E-state index < -0.39 is 0 Å². The highest BCUT2D eigenvalue weighted by atomic mass is 32.1. The number of hydrogen-bond acceptors (Lipinski definition) is 2. The number of ketones is 1. The minimum Gasteiger partial charge on any atom is -0.293 e. The first-order valence-electron chi connectivity index (χ1n) is 4.95. The number of allylic oxidation sites excluding steroid dienone is 1. The van der Waals surface area contributed by atoms with Gasteiger partial charge in [0.1, 0.15) is 0 Å². The highest BCUT2D eigenvalue weighted by Crippen LogP contribution is 2.21. The van der Waals surface area contributed by atoms with Gasteiger partial charge in [-0.3, -0.25) is 4.79 Å². The normalized spacial score (nSPS) is 10.1. The Bertz CT molecular complexity index is 336. The molecule has 0 saturated heterocycles. The topological polar surface area (TPSA) is 17.1 Å². The van der Waals surface area contributed by atoms with Crippen LogP contribution in [0.25, 0.3) is 0 Å².